The van der Waals surface area contributed by atoms with Gasteiger partial charge in [-0.2, -0.15) is 0 Å². The van der Waals surface area contributed by atoms with E-state index in [1.54, 1.807) is 0 Å². The Bertz CT molecular complexity index is 153. The lowest BCUT2D eigenvalue weighted by atomic mass is 9.95. The quantitative estimate of drug-likeness (QED) is 0.652. The van der Waals surface area contributed by atoms with Crippen molar-refractivity contribution >= 4 is 5.97 Å². The molecular formula is C9H19NO2. The second kappa shape index (κ2) is 4.45. The number of nitrogens with two attached hydrogens (primary N) is 1. The summed E-state index contributed by atoms with van der Waals surface area (Å²) in [6.45, 7) is 8.22. The average molecular weight is 173 g/mol. The molecule has 2 N–H and O–H groups in total. The number of carbonyl (C=O) groups is 1. The summed E-state index contributed by atoms with van der Waals surface area (Å²) in [6, 6.07) is 0. The highest BCUT2D eigenvalue weighted by molar-refractivity contribution is 5.70. The molecule has 72 valence electrons. The minimum absolute atomic E-state index is 0.212. The molecule has 0 saturated carbocycles. The highest BCUT2D eigenvalue weighted by atomic mass is 16.6. The number of carbonyl (C=O) groups excluding carboxylic acids is 1. The Morgan fingerprint density at radius 1 is 1.50 bits per heavy atom. The van der Waals surface area contributed by atoms with Gasteiger partial charge >= 0.3 is 5.97 Å². The Morgan fingerprint density at radius 3 is 2.33 bits per heavy atom. The van der Waals surface area contributed by atoms with Gasteiger partial charge in [-0.3, -0.25) is 4.79 Å². The topological polar surface area (TPSA) is 52.3 Å². The number of hydrogen-bond acceptors (Lipinski definition) is 3. The number of esters is 1. The molecule has 0 fully saturated rings. The lowest BCUT2D eigenvalue weighted by Crippen LogP contribution is -2.34. The zero-order chi connectivity index (χ0) is 9.78. The van der Waals surface area contributed by atoms with E-state index in [4.69, 9.17) is 10.5 Å². The fourth-order valence-corrected chi connectivity index (χ4v) is 0.580. The number of hydrogen-bond donors (Lipinski definition) is 1. The lowest BCUT2D eigenvalue weighted by Gasteiger charge is -2.29. The van der Waals surface area contributed by atoms with Crippen LogP contribution >= 0.6 is 0 Å². The van der Waals surface area contributed by atoms with Crippen LogP contribution in [0.1, 0.15) is 34.1 Å². The van der Waals surface area contributed by atoms with Crippen molar-refractivity contribution in [2.24, 2.45) is 11.7 Å². The van der Waals surface area contributed by atoms with E-state index in [0.717, 1.165) is 0 Å². The summed E-state index contributed by atoms with van der Waals surface area (Å²) in [5.74, 6) is 0.107. The van der Waals surface area contributed by atoms with Crippen molar-refractivity contribution in [3.63, 3.8) is 0 Å². The molecule has 0 unspecified atom stereocenters. The van der Waals surface area contributed by atoms with Crippen molar-refractivity contribution in [2.75, 3.05) is 6.54 Å². The SMILES string of the molecule is CC(C)C(C)(C)OC(=O)CCN. The Morgan fingerprint density at radius 2 is 2.00 bits per heavy atom. The minimum Gasteiger partial charge on any atom is -0.459 e. The van der Waals surface area contributed by atoms with Crippen LogP contribution in [0, 0.1) is 5.92 Å². The van der Waals surface area contributed by atoms with Crippen LogP contribution in [0.5, 0.6) is 0 Å². The van der Waals surface area contributed by atoms with Gasteiger partial charge in [-0.1, -0.05) is 13.8 Å². The van der Waals surface area contributed by atoms with E-state index in [-0.39, 0.29) is 11.6 Å². The third-order valence-electron chi connectivity index (χ3n) is 2.12. The molecule has 0 aliphatic carbocycles. The average Bonchev–Trinajstić information content (AvgIpc) is 1.85. The first-order valence-electron chi connectivity index (χ1n) is 4.32. The Balaban J connectivity index is 3.97. The van der Waals surface area contributed by atoms with Crippen LogP contribution in [0.2, 0.25) is 0 Å². The molecule has 0 aromatic rings. The first-order chi connectivity index (χ1) is 5.40. The fraction of sp³-hybridized carbons (Fsp3) is 0.889. The fourth-order valence-electron chi connectivity index (χ4n) is 0.580. The van der Waals surface area contributed by atoms with Gasteiger partial charge in [0.1, 0.15) is 5.60 Å². The third-order valence-corrected chi connectivity index (χ3v) is 2.12. The molecule has 12 heavy (non-hydrogen) atoms. The maximum absolute atomic E-state index is 11.1. The first kappa shape index (κ1) is 11.4. The van der Waals surface area contributed by atoms with Crippen LogP contribution in [0.15, 0.2) is 0 Å². The summed E-state index contributed by atoms with van der Waals surface area (Å²) in [5, 5.41) is 0. The molecule has 0 aromatic carbocycles. The summed E-state index contributed by atoms with van der Waals surface area (Å²) in [5.41, 5.74) is 4.84. The normalized spacial score (nSPS) is 11.8. The van der Waals surface area contributed by atoms with Gasteiger partial charge in [-0.15, -0.1) is 0 Å². The van der Waals surface area contributed by atoms with Gasteiger partial charge in [0.2, 0.25) is 0 Å². The van der Waals surface area contributed by atoms with E-state index in [9.17, 15) is 4.79 Å². The predicted molar refractivity (Wildman–Crippen MR) is 48.7 cm³/mol. The molecule has 0 heterocycles. The van der Waals surface area contributed by atoms with E-state index in [2.05, 4.69) is 0 Å². The van der Waals surface area contributed by atoms with Crippen LogP contribution < -0.4 is 5.73 Å². The summed E-state index contributed by atoms with van der Waals surface area (Å²) in [6.07, 6.45) is 0.302. The predicted octanol–water partition coefficient (Wildman–Crippen LogP) is 1.31. The van der Waals surface area contributed by atoms with Gasteiger partial charge in [0.05, 0.1) is 6.42 Å². The second-order valence-corrected chi connectivity index (χ2v) is 3.77. The maximum atomic E-state index is 11.1. The summed E-state index contributed by atoms with van der Waals surface area (Å²) in [4.78, 5) is 11.1. The van der Waals surface area contributed by atoms with Crippen LogP contribution in [0.3, 0.4) is 0 Å². The molecule has 0 aliphatic rings. The first-order valence-corrected chi connectivity index (χ1v) is 4.32. The van der Waals surface area contributed by atoms with Crippen molar-refractivity contribution in [1.29, 1.82) is 0 Å². The summed E-state index contributed by atoms with van der Waals surface area (Å²) >= 11 is 0. The Kier molecular flexibility index (Phi) is 4.24. The highest BCUT2D eigenvalue weighted by Crippen LogP contribution is 2.20. The molecule has 0 amide bonds. The van der Waals surface area contributed by atoms with Gasteiger partial charge in [0.15, 0.2) is 0 Å². The van der Waals surface area contributed by atoms with Gasteiger partial charge in [0.25, 0.3) is 0 Å². The van der Waals surface area contributed by atoms with E-state index >= 15 is 0 Å². The van der Waals surface area contributed by atoms with Gasteiger partial charge < -0.3 is 10.5 Å². The molecular weight excluding hydrogens is 154 g/mol. The molecule has 0 spiro atoms. The van der Waals surface area contributed by atoms with E-state index in [1.165, 1.54) is 0 Å². The monoisotopic (exact) mass is 173 g/mol. The van der Waals surface area contributed by atoms with Crippen molar-refractivity contribution < 1.29 is 9.53 Å². The molecule has 0 atom stereocenters. The van der Waals surface area contributed by atoms with E-state index < -0.39 is 0 Å². The largest absolute Gasteiger partial charge is 0.459 e. The van der Waals surface area contributed by atoms with Crippen LogP contribution in [-0.2, 0) is 9.53 Å². The van der Waals surface area contributed by atoms with Crippen molar-refractivity contribution in [3.05, 3.63) is 0 Å². The molecule has 0 aromatic heterocycles. The molecule has 0 aliphatic heterocycles. The van der Waals surface area contributed by atoms with E-state index in [0.29, 0.717) is 18.9 Å². The molecule has 0 rings (SSSR count). The zero-order valence-corrected chi connectivity index (χ0v) is 8.39. The molecule has 0 radical (unpaired) electrons. The lowest BCUT2D eigenvalue weighted by molar-refractivity contribution is -0.160. The second-order valence-electron chi connectivity index (χ2n) is 3.77. The highest BCUT2D eigenvalue weighted by Gasteiger charge is 2.26. The standard InChI is InChI=1S/C9H19NO2/c1-7(2)9(3,4)12-8(11)5-6-10/h7H,5-6,10H2,1-4H3. The van der Waals surface area contributed by atoms with Gasteiger partial charge in [0, 0.05) is 6.54 Å². The van der Waals surface area contributed by atoms with Crippen LogP contribution in [-0.4, -0.2) is 18.1 Å². The Labute approximate surface area is 74.3 Å². The zero-order valence-electron chi connectivity index (χ0n) is 8.39. The molecule has 3 heteroatoms. The van der Waals surface area contributed by atoms with Crippen molar-refractivity contribution in [2.45, 2.75) is 39.7 Å². The van der Waals surface area contributed by atoms with Crippen molar-refractivity contribution in [1.82, 2.24) is 0 Å². The van der Waals surface area contributed by atoms with Gasteiger partial charge in [-0.25, -0.2) is 0 Å². The number of rotatable bonds is 4. The van der Waals surface area contributed by atoms with Crippen LogP contribution in [0.25, 0.3) is 0 Å². The minimum atomic E-state index is -0.383. The van der Waals surface area contributed by atoms with E-state index in [1.807, 2.05) is 27.7 Å². The van der Waals surface area contributed by atoms with Crippen LogP contribution in [0.4, 0.5) is 0 Å². The molecule has 0 saturated heterocycles. The Hall–Kier alpha value is -0.570. The number of ether oxygens (including phenoxy) is 1. The third kappa shape index (κ3) is 3.72. The maximum Gasteiger partial charge on any atom is 0.307 e. The summed E-state index contributed by atoms with van der Waals surface area (Å²) in [7, 11) is 0. The molecule has 3 nitrogen and oxygen atoms in total. The van der Waals surface area contributed by atoms with Crippen molar-refractivity contribution in [3.8, 4) is 0 Å². The smallest absolute Gasteiger partial charge is 0.307 e. The van der Waals surface area contributed by atoms with Gasteiger partial charge in [-0.05, 0) is 19.8 Å². The molecule has 0 bridgehead atoms. The summed E-state index contributed by atoms with van der Waals surface area (Å²) < 4.78 is 5.22.